The van der Waals surface area contributed by atoms with Gasteiger partial charge < -0.3 is 48.8 Å². The summed E-state index contributed by atoms with van der Waals surface area (Å²) in [5.41, 5.74) is 5.94. The minimum atomic E-state index is -1.40. The Balaban J connectivity index is 1.08. The molecule has 1 aromatic heterocycles. The number of carbonyl (C=O) groups excluding carboxylic acids is 1. The maximum absolute atomic E-state index is 13.7. The molecule has 1 saturated heterocycles. The van der Waals surface area contributed by atoms with Crippen molar-refractivity contribution in [3.63, 3.8) is 0 Å². The summed E-state index contributed by atoms with van der Waals surface area (Å²) in [6.07, 6.45) is -4.13. The van der Waals surface area contributed by atoms with E-state index in [4.69, 9.17) is 23.7 Å². The molecule has 3 N–H and O–H groups in total. The van der Waals surface area contributed by atoms with Gasteiger partial charge in [-0.2, -0.15) is 0 Å². The highest BCUT2D eigenvalue weighted by Gasteiger charge is 2.42. The maximum Gasteiger partial charge on any atom is 0.338 e. The van der Waals surface area contributed by atoms with Crippen molar-refractivity contribution in [2.45, 2.75) is 84.4 Å². The van der Waals surface area contributed by atoms with Crippen LogP contribution in [0.1, 0.15) is 73.3 Å². The number of nitrogens with zero attached hydrogens (tertiary/aromatic N) is 5. The number of esters is 1. The van der Waals surface area contributed by atoms with Crippen molar-refractivity contribution >= 4 is 17.3 Å². The largest absolute Gasteiger partial charge is 0.460 e. The van der Waals surface area contributed by atoms with Crippen LogP contribution in [0.25, 0.3) is 0 Å². The molecule has 6 rings (SSSR count). The zero-order chi connectivity index (χ0) is 39.1. The van der Waals surface area contributed by atoms with Crippen molar-refractivity contribution in [1.82, 2.24) is 15.0 Å². The summed E-state index contributed by atoms with van der Waals surface area (Å²) in [6.45, 7) is 14.6. The number of hydrogen-bond acceptors (Lipinski definition) is 13. The van der Waals surface area contributed by atoms with E-state index in [1.54, 1.807) is 23.9 Å². The van der Waals surface area contributed by atoms with E-state index in [9.17, 15) is 20.1 Å². The molecule has 1 fully saturated rings. The summed E-state index contributed by atoms with van der Waals surface area (Å²) in [5, 5.41) is 38.2. The second kappa shape index (κ2) is 18.4. The normalized spacial score (nSPS) is 20.7. The zero-order valence-electron chi connectivity index (χ0n) is 32.2. The molecule has 0 saturated carbocycles. The molecule has 0 aliphatic carbocycles. The number of carbonyl (C=O) groups is 1. The molecular formula is C41H53N5O9. The van der Waals surface area contributed by atoms with Crippen molar-refractivity contribution in [2.24, 2.45) is 0 Å². The fourth-order valence-electron chi connectivity index (χ4n) is 7.19. The number of hydrogen-bond donors (Lipinski definition) is 3. The first-order chi connectivity index (χ1) is 26.7. The van der Waals surface area contributed by atoms with Crippen LogP contribution in [-0.4, -0.2) is 113 Å². The van der Waals surface area contributed by atoms with E-state index < -0.39 is 36.7 Å². The molecule has 3 aromatic carbocycles. The SMILES string of the molecule is CCN(CC)c1ccc2c(c1)Oc1cc(N(CC)CC)ccc1C2c1ccccc1C(=O)OCCOCCn1cc(CO[C@@H]2O[C@@H](C)[C@@H](O)[C@@H](O)[C@@H]2O)nn1. The van der Waals surface area contributed by atoms with Crippen LogP contribution < -0.4 is 14.5 Å². The number of aliphatic hydroxyl groups is 3. The van der Waals surface area contributed by atoms with Gasteiger partial charge in [0.15, 0.2) is 6.29 Å². The molecule has 14 nitrogen and oxygen atoms in total. The fraction of sp³-hybridized carbons (Fsp3) is 0.488. The third-order valence-electron chi connectivity index (χ3n) is 10.3. The highest BCUT2D eigenvalue weighted by Crippen LogP contribution is 2.50. The average molecular weight is 760 g/mol. The van der Waals surface area contributed by atoms with Crippen molar-refractivity contribution < 1.29 is 43.8 Å². The van der Waals surface area contributed by atoms with E-state index in [1.807, 2.05) is 18.2 Å². The molecule has 4 aromatic rings. The van der Waals surface area contributed by atoms with Gasteiger partial charge in [-0.25, -0.2) is 9.48 Å². The van der Waals surface area contributed by atoms with Gasteiger partial charge in [-0.15, -0.1) is 5.10 Å². The van der Waals surface area contributed by atoms with Gasteiger partial charge in [0.2, 0.25) is 0 Å². The predicted octanol–water partition coefficient (Wildman–Crippen LogP) is 4.47. The van der Waals surface area contributed by atoms with Crippen LogP contribution in [0.3, 0.4) is 0 Å². The van der Waals surface area contributed by atoms with Gasteiger partial charge in [0.25, 0.3) is 0 Å². The number of aliphatic hydroxyl groups excluding tert-OH is 3. The average Bonchev–Trinajstić information content (AvgIpc) is 3.66. The van der Waals surface area contributed by atoms with E-state index in [0.717, 1.165) is 65.7 Å². The number of benzene rings is 3. The number of fused-ring (bicyclic) bond motifs is 2. The van der Waals surface area contributed by atoms with Crippen molar-refractivity contribution in [3.8, 4) is 11.5 Å². The molecule has 2 aliphatic rings. The van der Waals surface area contributed by atoms with E-state index >= 15 is 0 Å². The van der Waals surface area contributed by atoms with E-state index in [0.29, 0.717) is 24.4 Å². The van der Waals surface area contributed by atoms with Gasteiger partial charge >= 0.3 is 5.97 Å². The minimum absolute atomic E-state index is 0.0185. The van der Waals surface area contributed by atoms with Crippen LogP contribution in [0.2, 0.25) is 0 Å². The van der Waals surface area contributed by atoms with Crippen LogP contribution in [0.4, 0.5) is 11.4 Å². The van der Waals surface area contributed by atoms with E-state index in [-0.39, 0.29) is 25.7 Å². The Bertz CT molecular complexity index is 1820. The fourth-order valence-corrected chi connectivity index (χ4v) is 7.19. The van der Waals surface area contributed by atoms with Crippen LogP contribution in [-0.2, 0) is 32.1 Å². The van der Waals surface area contributed by atoms with Crippen LogP contribution in [0, 0.1) is 0 Å². The predicted molar refractivity (Wildman–Crippen MR) is 206 cm³/mol. The first kappa shape index (κ1) is 40.1. The Morgan fingerprint density at radius 2 is 1.44 bits per heavy atom. The molecule has 0 unspecified atom stereocenters. The highest BCUT2D eigenvalue weighted by atomic mass is 16.7. The quantitative estimate of drug-likeness (QED) is 0.0901. The monoisotopic (exact) mass is 759 g/mol. The molecule has 55 heavy (non-hydrogen) atoms. The smallest absolute Gasteiger partial charge is 0.338 e. The Morgan fingerprint density at radius 1 is 0.800 bits per heavy atom. The van der Waals surface area contributed by atoms with E-state index in [2.05, 4.69) is 84.2 Å². The van der Waals surface area contributed by atoms with Gasteiger partial charge in [0.05, 0.1) is 44.2 Å². The minimum Gasteiger partial charge on any atom is -0.460 e. The third-order valence-corrected chi connectivity index (χ3v) is 10.3. The van der Waals surface area contributed by atoms with Gasteiger partial charge in [-0.1, -0.05) is 35.5 Å². The van der Waals surface area contributed by atoms with Gasteiger partial charge in [-0.3, -0.25) is 0 Å². The van der Waals surface area contributed by atoms with E-state index in [1.165, 1.54) is 0 Å². The molecule has 0 amide bonds. The lowest BCUT2D eigenvalue weighted by Gasteiger charge is -2.38. The topological polar surface area (TPSA) is 161 Å². The lowest BCUT2D eigenvalue weighted by Crippen LogP contribution is -2.57. The Kier molecular flexibility index (Phi) is 13.4. The molecule has 3 heterocycles. The summed E-state index contributed by atoms with van der Waals surface area (Å²) < 4.78 is 30.8. The lowest BCUT2D eigenvalue weighted by atomic mass is 9.80. The molecule has 5 atom stereocenters. The molecule has 296 valence electrons. The third kappa shape index (κ3) is 8.96. The zero-order valence-corrected chi connectivity index (χ0v) is 32.2. The van der Waals surface area contributed by atoms with Crippen LogP contribution in [0.5, 0.6) is 11.5 Å². The number of ether oxygens (including phenoxy) is 5. The molecule has 0 spiro atoms. The summed E-state index contributed by atoms with van der Waals surface area (Å²) in [4.78, 5) is 18.2. The number of anilines is 2. The van der Waals surface area contributed by atoms with Gasteiger partial charge in [0, 0.05) is 66.7 Å². The Morgan fingerprint density at radius 3 is 2.07 bits per heavy atom. The molecule has 2 aliphatic heterocycles. The number of rotatable bonds is 17. The summed E-state index contributed by atoms with van der Waals surface area (Å²) in [6, 6.07) is 20.3. The summed E-state index contributed by atoms with van der Waals surface area (Å²) >= 11 is 0. The standard InChI is InChI=1S/C41H53N5O9/c1-6-44(7-2)28-14-16-32-34(22-28)55-35-23-29(45(8-3)9-4)15-17-33(35)36(32)30-12-10-11-13-31(30)40(50)52-21-20-51-19-18-46-24-27(42-43-46)25-53-41-39(49)38(48)37(47)26(5)54-41/h10-17,22-24,26,36-39,41,47-49H,6-9,18-21,25H2,1-5H3/t26-,37+,38+,39-,41+/m0/s1. The Labute approximate surface area is 322 Å². The van der Waals surface area contributed by atoms with Crippen molar-refractivity contribution in [1.29, 1.82) is 0 Å². The molecule has 0 bridgehead atoms. The maximum atomic E-state index is 13.7. The Hall–Kier alpha value is -4.57. The molecule has 14 heteroatoms. The van der Waals surface area contributed by atoms with Gasteiger partial charge in [-0.05, 0) is 58.4 Å². The number of aromatic nitrogens is 3. The van der Waals surface area contributed by atoms with Crippen molar-refractivity contribution in [3.05, 3.63) is 94.8 Å². The molecule has 0 radical (unpaired) electrons. The second-order valence-electron chi connectivity index (χ2n) is 13.6. The lowest BCUT2D eigenvalue weighted by molar-refractivity contribution is -0.296. The molecular weight excluding hydrogens is 706 g/mol. The first-order valence-electron chi connectivity index (χ1n) is 19.2. The summed E-state index contributed by atoms with van der Waals surface area (Å²) in [5.74, 6) is 0.859. The van der Waals surface area contributed by atoms with Crippen LogP contribution >= 0.6 is 0 Å². The van der Waals surface area contributed by atoms with Crippen molar-refractivity contribution in [2.75, 3.05) is 55.8 Å². The van der Waals surface area contributed by atoms with Gasteiger partial charge in [0.1, 0.15) is 42.1 Å². The second-order valence-corrected chi connectivity index (χ2v) is 13.6. The highest BCUT2D eigenvalue weighted by molar-refractivity contribution is 5.92. The first-order valence-corrected chi connectivity index (χ1v) is 19.2. The summed E-state index contributed by atoms with van der Waals surface area (Å²) in [7, 11) is 0. The van der Waals surface area contributed by atoms with Crippen LogP contribution in [0.15, 0.2) is 66.9 Å².